The zero-order chi connectivity index (χ0) is 15.1. The van der Waals surface area contributed by atoms with Gasteiger partial charge < -0.3 is 15.2 Å². The van der Waals surface area contributed by atoms with E-state index in [0.29, 0.717) is 21.6 Å². The molecule has 1 N–H and O–H groups in total. The predicted octanol–water partition coefficient (Wildman–Crippen LogP) is 1.79. The van der Waals surface area contributed by atoms with Gasteiger partial charge in [0.1, 0.15) is 16.0 Å². The topological polar surface area (TPSA) is 124 Å². The zero-order valence-corrected chi connectivity index (χ0v) is 11.4. The van der Waals surface area contributed by atoms with Crippen molar-refractivity contribution in [2.75, 3.05) is 0 Å². The van der Waals surface area contributed by atoms with Crippen LogP contribution in [0.2, 0.25) is 0 Å². The van der Waals surface area contributed by atoms with E-state index in [1.807, 2.05) is 0 Å². The summed E-state index contributed by atoms with van der Waals surface area (Å²) in [6.45, 7) is 1.65. The first-order valence-corrected chi connectivity index (χ1v) is 6.48. The van der Waals surface area contributed by atoms with Crippen molar-refractivity contribution in [3.05, 3.63) is 39.1 Å². The molecule has 3 aromatic rings. The molecule has 21 heavy (non-hydrogen) atoms. The van der Waals surface area contributed by atoms with Crippen LogP contribution in [0.1, 0.15) is 15.2 Å². The van der Waals surface area contributed by atoms with Crippen LogP contribution in [0.3, 0.4) is 0 Å². The number of rotatable bonds is 3. The van der Waals surface area contributed by atoms with Gasteiger partial charge in [0.05, 0.1) is 22.7 Å². The third-order valence-electron chi connectivity index (χ3n) is 2.88. The van der Waals surface area contributed by atoms with Crippen LogP contribution < -0.4 is 0 Å². The van der Waals surface area contributed by atoms with E-state index < -0.39 is 10.9 Å². The molecule has 0 aliphatic heterocycles. The maximum absolute atomic E-state index is 11.2. The second-order valence-electron chi connectivity index (χ2n) is 4.11. The minimum absolute atomic E-state index is 0.161. The summed E-state index contributed by atoms with van der Waals surface area (Å²) in [5.74, 6) is -1.05. The van der Waals surface area contributed by atoms with Crippen molar-refractivity contribution in [3.8, 4) is 5.82 Å². The van der Waals surface area contributed by atoms with Crippen molar-refractivity contribution in [3.63, 3.8) is 0 Å². The van der Waals surface area contributed by atoms with Crippen LogP contribution in [-0.2, 0) is 0 Å². The Morgan fingerprint density at radius 3 is 2.86 bits per heavy atom. The summed E-state index contributed by atoms with van der Waals surface area (Å²) in [6.07, 6.45) is 2.67. The van der Waals surface area contributed by atoms with E-state index in [1.165, 1.54) is 23.3 Å². The van der Waals surface area contributed by atoms with Crippen molar-refractivity contribution in [2.24, 2.45) is 0 Å². The summed E-state index contributed by atoms with van der Waals surface area (Å²) in [4.78, 5) is 30.0. The van der Waals surface area contributed by atoms with E-state index in [1.54, 1.807) is 6.92 Å². The molecule has 3 aromatic heterocycles. The number of carbonyl (C=O) groups is 1. The van der Waals surface area contributed by atoms with Gasteiger partial charge in [0.15, 0.2) is 5.82 Å². The molecular formula is C11H7N5O4S. The highest BCUT2D eigenvalue weighted by molar-refractivity contribution is 7.20. The van der Waals surface area contributed by atoms with Crippen molar-refractivity contribution < 1.29 is 14.8 Å². The highest BCUT2D eigenvalue weighted by atomic mass is 32.1. The fourth-order valence-corrected chi connectivity index (χ4v) is 2.94. The molecule has 0 unspecified atom stereocenters. The first-order valence-electron chi connectivity index (χ1n) is 5.67. The molecule has 106 valence electrons. The number of carboxylic acid groups (broad SMARTS) is 1. The molecule has 0 aromatic carbocycles. The molecule has 0 fully saturated rings. The van der Waals surface area contributed by atoms with Crippen LogP contribution in [0.5, 0.6) is 0 Å². The molecule has 0 bridgehead atoms. The predicted molar refractivity (Wildman–Crippen MR) is 72.9 cm³/mol. The maximum atomic E-state index is 11.2. The SMILES string of the molecule is Cc1c(C(=O)O)sc2ncnc(-n3ccc([N+](=O)[O-])n3)c12. The van der Waals surface area contributed by atoms with E-state index in [-0.39, 0.29) is 10.7 Å². The molecule has 0 spiro atoms. The Bertz CT molecular complexity index is 884. The van der Waals surface area contributed by atoms with E-state index in [2.05, 4.69) is 15.1 Å². The Morgan fingerprint density at radius 1 is 1.48 bits per heavy atom. The lowest BCUT2D eigenvalue weighted by Gasteiger charge is -1.99. The number of fused-ring (bicyclic) bond motifs is 1. The number of thiophene rings is 1. The Hall–Kier alpha value is -2.88. The zero-order valence-electron chi connectivity index (χ0n) is 10.5. The molecule has 0 saturated carbocycles. The van der Waals surface area contributed by atoms with Gasteiger partial charge in [-0.2, -0.15) is 0 Å². The molecule has 3 rings (SSSR count). The number of aromatic carboxylic acids is 1. The summed E-state index contributed by atoms with van der Waals surface area (Å²) in [6, 6.07) is 1.24. The Labute approximate surface area is 120 Å². The van der Waals surface area contributed by atoms with Crippen LogP contribution in [0.4, 0.5) is 5.82 Å². The van der Waals surface area contributed by atoms with Crippen molar-refractivity contribution in [1.82, 2.24) is 19.7 Å². The number of hydrogen-bond acceptors (Lipinski definition) is 7. The lowest BCUT2D eigenvalue weighted by Crippen LogP contribution is -2.01. The van der Waals surface area contributed by atoms with Gasteiger partial charge in [-0.05, 0) is 17.4 Å². The lowest BCUT2D eigenvalue weighted by molar-refractivity contribution is -0.389. The quantitative estimate of drug-likeness (QED) is 0.577. The van der Waals surface area contributed by atoms with Crippen LogP contribution in [0, 0.1) is 17.0 Å². The molecule has 9 nitrogen and oxygen atoms in total. The van der Waals surface area contributed by atoms with Gasteiger partial charge in [0, 0.05) is 0 Å². The number of carboxylic acids is 1. The lowest BCUT2D eigenvalue weighted by atomic mass is 10.2. The number of nitro groups is 1. The van der Waals surface area contributed by atoms with Crippen LogP contribution in [-0.4, -0.2) is 35.7 Å². The number of aromatic nitrogens is 4. The summed E-state index contributed by atoms with van der Waals surface area (Å²) in [5, 5.41) is 24.2. The smallest absolute Gasteiger partial charge is 0.390 e. The summed E-state index contributed by atoms with van der Waals surface area (Å²) >= 11 is 1.03. The van der Waals surface area contributed by atoms with Gasteiger partial charge in [-0.3, -0.25) is 0 Å². The van der Waals surface area contributed by atoms with Crippen molar-refractivity contribution >= 4 is 33.3 Å². The van der Waals surface area contributed by atoms with Gasteiger partial charge in [-0.25, -0.2) is 14.8 Å². The standard InChI is InChI=1S/C11H7N5O4S/c1-5-7-9(15-3-2-6(14-15)16(19)20)12-4-13-10(7)21-8(5)11(17)18/h2-4H,1H3,(H,17,18). The van der Waals surface area contributed by atoms with Gasteiger partial charge in [0.2, 0.25) is 0 Å². The Balaban J connectivity index is 2.27. The summed E-state index contributed by atoms with van der Waals surface area (Å²) < 4.78 is 1.24. The average Bonchev–Trinajstić information content (AvgIpc) is 3.04. The fraction of sp³-hybridized carbons (Fsp3) is 0.0909. The molecule has 0 aliphatic carbocycles. The van der Waals surface area contributed by atoms with Crippen LogP contribution >= 0.6 is 11.3 Å². The minimum atomic E-state index is -1.05. The van der Waals surface area contributed by atoms with E-state index >= 15 is 0 Å². The third kappa shape index (κ3) is 2.01. The number of nitrogens with zero attached hydrogens (tertiary/aromatic N) is 5. The van der Waals surface area contributed by atoms with Gasteiger partial charge in [-0.15, -0.1) is 16.0 Å². The van der Waals surface area contributed by atoms with E-state index in [9.17, 15) is 14.9 Å². The minimum Gasteiger partial charge on any atom is -0.477 e. The van der Waals surface area contributed by atoms with Crippen LogP contribution in [0.15, 0.2) is 18.6 Å². The van der Waals surface area contributed by atoms with Gasteiger partial charge >= 0.3 is 11.8 Å². The second kappa shape index (κ2) is 4.59. The Morgan fingerprint density at radius 2 is 2.24 bits per heavy atom. The van der Waals surface area contributed by atoms with E-state index in [0.717, 1.165) is 11.3 Å². The molecule has 0 aliphatic rings. The highest BCUT2D eigenvalue weighted by Gasteiger charge is 2.22. The monoisotopic (exact) mass is 305 g/mol. The largest absolute Gasteiger partial charge is 0.477 e. The van der Waals surface area contributed by atoms with Crippen molar-refractivity contribution in [2.45, 2.75) is 6.92 Å². The van der Waals surface area contributed by atoms with Crippen LogP contribution in [0.25, 0.3) is 16.0 Å². The first kappa shape index (κ1) is 13.1. The number of hydrogen-bond donors (Lipinski definition) is 1. The van der Waals surface area contributed by atoms with Gasteiger partial charge in [0.25, 0.3) is 0 Å². The molecule has 0 amide bonds. The first-order chi connectivity index (χ1) is 9.99. The fourth-order valence-electron chi connectivity index (χ4n) is 1.96. The second-order valence-corrected chi connectivity index (χ2v) is 5.11. The third-order valence-corrected chi connectivity index (χ3v) is 4.07. The normalized spacial score (nSPS) is 10.9. The number of aryl methyl sites for hydroxylation is 1. The van der Waals surface area contributed by atoms with Gasteiger partial charge in [-0.1, -0.05) is 0 Å². The average molecular weight is 305 g/mol. The molecule has 3 heterocycles. The highest BCUT2D eigenvalue weighted by Crippen LogP contribution is 2.32. The molecule has 10 heteroatoms. The summed E-state index contributed by atoms with van der Waals surface area (Å²) in [5.41, 5.74) is 0.510. The maximum Gasteiger partial charge on any atom is 0.390 e. The van der Waals surface area contributed by atoms with Crippen molar-refractivity contribution in [1.29, 1.82) is 0 Å². The molecule has 0 atom stereocenters. The molecular weight excluding hydrogens is 298 g/mol. The Kier molecular flexibility index (Phi) is 2.87. The summed E-state index contributed by atoms with van der Waals surface area (Å²) in [7, 11) is 0. The van der Waals surface area contributed by atoms with E-state index in [4.69, 9.17) is 5.11 Å². The molecule has 0 saturated heterocycles. The molecule has 0 radical (unpaired) electrons.